The molecule has 3 heterocycles. The summed E-state index contributed by atoms with van der Waals surface area (Å²) in [6.07, 6.45) is 3.84. The summed E-state index contributed by atoms with van der Waals surface area (Å²) in [5, 5.41) is 2.52. The molecular weight excluding hydrogens is 805 g/mol. The SMILES string of the molecule is [2H]C(C)(C)c1ccnc(-c2[c-]cc(-c3ccccc3)c3c2sc2ccccc23)c1.[CH3][Ge]([CH3])([CH3])[c]1ccc(-c2[c-]cccc2)nc1.[Ir]. The molecule has 3 aromatic heterocycles. The number of thiophene rings is 1. The molecule has 0 fully saturated rings. The van der Waals surface area contributed by atoms with Gasteiger partial charge in [0.15, 0.2) is 0 Å². The van der Waals surface area contributed by atoms with Crippen molar-refractivity contribution in [1.82, 2.24) is 9.97 Å². The van der Waals surface area contributed by atoms with Crippen LogP contribution in [0.15, 0.2) is 122 Å². The standard InChI is InChI=1S/C26H20NS.C14H16GeN.Ir/c1-17(2)19-14-15-27-23(16-19)21-13-12-20(18-8-4-3-5-9-18)25-22-10-6-7-11-24(22)28-26(21)25;1-15(2,3)13-9-10-14(16-11-13)12-7-5-4-6-8-12;/h3-12,14-17H,1-2H3;4-7,9-11H,1-3H3;/q2*-1;/i17D;;. The topological polar surface area (TPSA) is 25.8 Å². The van der Waals surface area contributed by atoms with Gasteiger partial charge in [0.2, 0.25) is 0 Å². The Hall–Kier alpha value is -3.41. The quantitative estimate of drug-likeness (QED) is 0.127. The first-order valence-electron chi connectivity index (χ1n) is 15.4. The van der Waals surface area contributed by atoms with Gasteiger partial charge in [0.1, 0.15) is 0 Å². The second-order valence-electron chi connectivity index (χ2n) is 12.1. The Morgan fingerprint density at radius 2 is 1.56 bits per heavy atom. The molecule has 4 aromatic carbocycles. The zero-order valence-electron chi connectivity index (χ0n) is 27.2. The fraction of sp³-hybridized carbons (Fsp3) is 0.150. The van der Waals surface area contributed by atoms with Crippen LogP contribution >= 0.6 is 11.3 Å². The number of hydrogen-bond acceptors (Lipinski definition) is 3. The first kappa shape index (κ1) is 31.6. The van der Waals surface area contributed by atoms with Crippen molar-refractivity contribution in [2.24, 2.45) is 0 Å². The Bertz CT molecular complexity index is 2060. The molecule has 0 saturated heterocycles. The molecule has 0 amide bonds. The molecule has 7 aromatic rings. The van der Waals surface area contributed by atoms with Gasteiger partial charge in [-0.3, -0.25) is 0 Å². The van der Waals surface area contributed by atoms with E-state index in [4.69, 9.17) is 1.37 Å². The number of fused-ring (bicyclic) bond motifs is 3. The normalized spacial score (nSPS) is 11.8. The third-order valence-corrected chi connectivity index (χ3v) is 13.2. The van der Waals surface area contributed by atoms with Crippen molar-refractivity contribution < 1.29 is 21.5 Å². The molecule has 5 heteroatoms. The van der Waals surface area contributed by atoms with E-state index < -0.39 is 19.2 Å². The van der Waals surface area contributed by atoms with Crippen LogP contribution in [-0.2, 0) is 20.1 Å². The van der Waals surface area contributed by atoms with Gasteiger partial charge in [0.25, 0.3) is 0 Å². The molecule has 1 radical (unpaired) electrons. The minimum absolute atomic E-state index is 0. The summed E-state index contributed by atoms with van der Waals surface area (Å²) in [6, 6.07) is 44.1. The smallest absolute Gasteiger partial charge is 0 e. The Morgan fingerprint density at radius 1 is 0.800 bits per heavy atom. The van der Waals surface area contributed by atoms with E-state index in [0.717, 1.165) is 28.1 Å². The molecule has 0 aliphatic carbocycles. The van der Waals surface area contributed by atoms with Crippen molar-refractivity contribution in [3.8, 4) is 33.6 Å². The Kier molecular flexibility index (Phi) is 10.1. The van der Waals surface area contributed by atoms with Crippen molar-refractivity contribution in [3.63, 3.8) is 0 Å². The van der Waals surface area contributed by atoms with E-state index in [2.05, 4.69) is 106 Å². The van der Waals surface area contributed by atoms with E-state index in [1.54, 1.807) is 17.5 Å². The summed E-state index contributed by atoms with van der Waals surface area (Å²) in [5.74, 6) is 6.48. The van der Waals surface area contributed by atoms with Gasteiger partial charge < -0.3 is 4.98 Å². The van der Waals surface area contributed by atoms with Crippen LogP contribution in [0.1, 0.15) is 26.7 Å². The van der Waals surface area contributed by atoms with Crippen molar-refractivity contribution >= 4 is 49.2 Å². The first-order chi connectivity index (χ1) is 21.6. The fourth-order valence-electron chi connectivity index (χ4n) is 5.23. The molecule has 45 heavy (non-hydrogen) atoms. The average Bonchev–Trinajstić information content (AvgIpc) is 3.45. The molecular formula is C40H36GeIrN2S-2. The van der Waals surface area contributed by atoms with Gasteiger partial charge in [0.05, 0.1) is 0 Å². The molecule has 0 saturated carbocycles. The molecule has 7 rings (SSSR count). The van der Waals surface area contributed by atoms with Gasteiger partial charge in [-0.15, -0.1) is 17.7 Å². The molecule has 0 unspecified atom stereocenters. The maximum atomic E-state index is 8.39. The third-order valence-electron chi connectivity index (χ3n) is 7.75. The third kappa shape index (κ3) is 7.37. The summed E-state index contributed by atoms with van der Waals surface area (Å²) in [6.45, 7) is 3.81. The van der Waals surface area contributed by atoms with Crippen LogP contribution in [-0.4, -0.2) is 23.2 Å². The van der Waals surface area contributed by atoms with Crippen molar-refractivity contribution in [2.45, 2.75) is 37.0 Å². The first-order valence-corrected chi connectivity index (χ1v) is 23.1. The maximum Gasteiger partial charge on any atom is 0 e. The predicted molar refractivity (Wildman–Crippen MR) is 192 cm³/mol. The van der Waals surface area contributed by atoms with E-state index in [1.165, 1.54) is 35.7 Å². The molecule has 0 aliphatic rings. The Balaban J connectivity index is 0.000000209. The molecule has 0 aliphatic heterocycles. The van der Waals surface area contributed by atoms with Gasteiger partial charge in [0, 0.05) is 32.4 Å². The monoisotopic (exact) mass is 844 g/mol. The van der Waals surface area contributed by atoms with Gasteiger partial charge in [-0.1, -0.05) is 90.5 Å². The van der Waals surface area contributed by atoms with E-state index in [1.807, 2.05) is 62.5 Å². The zero-order chi connectivity index (χ0) is 31.6. The second kappa shape index (κ2) is 14.3. The van der Waals surface area contributed by atoms with Gasteiger partial charge >= 0.3 is 99.8 Å². The van der Waals surface area contributed by atoms with Gasteiger partial charge in [-0.25, -0.2) is 0 Å². The van der Waals surface area contributed by atoms with Crippen LogP contribution in [0.4, 0.5) is 0 Å². The maximum absolute atomic E-state index is 8.39. The minimum Gasteiger partial charge on any atom is 0 e. The number of hydrogen-bond donors (Lipinski definition) is 0. The van der Waals surface area contributed by atoms with Crippen LogP contribution in [0.5, 0.6) is 0 Å². The number of benzene rings is 4. The average molecular weight is 843 g/mol. The number of rotatable bonds is 5. The minimum atomic E-state index is -1.72. The van der Waals surface area contributed by atoms with Crippen LogP contribution in [0.2, 0.25) is 17.3 Å². The van der Waals surface area contributed by atoms with Crippen LogP contribution in [0.25, 0.3) is 53.8 Å². The largest absolute Gasteiger partial charge is 0 e. The van der Waals surface area contributed by atoms with Gasteiger partial charge in [-0.2, -0.15) is 11.3 Å². The van der Waals surface area contributed by atoms with Crippen LogP contribution in [0, 0.1) is 12.1 Å². The van der Waals surface area contributed by atoms with E-state index in [0.29, 0.717) is 0 Å². The van der Waals surface area contributed by atoms with Crippen molar-refractivity contribution in [1.29, 1.82) is 0 Å². The zero-order valence-corrected chi connectivity index (χ0v) is 31.5. The number of pyridine rings is 2. The van der Waals surface area contributed by atoms with E-state index in [-0.39, 0.29) is 20.1 Å². The molecule has 0 N–H and O–H groups in total. The molecule has 0 bridgehead atoms. The van der Waals surface area contributed by atoms with Crippen molar-refractivity contribution in [2.75, 3.05) is 0 Å². The summed E-state index contributed by atoms with van der Waals surface area (Å²) < 4.78 is 12.3. The molecule has 227 valence electrons. The van der Waals surface area contributed by atoms with Crippen LogP contribution in [0.3, 0.4) is 0 Å². The van der Waals surface area contributed by atoms with Crippen LogP contribution < -0.4 is 4.40 Å². The summed E-state index contributed by atoms with van der Waals surface area (Å²) in [5.41, 5.74) is 7.30. The summed E-state index contributed by atoms with van der Waals surface area (Å²) >= 11 is 0.0713. The Labute approximate surface area is 288 Å². The summed E-state index contributed by atoms with van der Waals surface area (Å²) in [4.78, 5) is 9.17. The number of nitrogens with zero attached hydrogens (tertiary/aromatic N) is 2. The van der Waals surface area contributed by atoms with Gasteiger partial charge in [-0.05, 0) is 33.8 Å². The molecule has 0 spiro atoms. The second-order valence-corrected chi connectivity index (χ2v) is 23.8. The van der Waals surface area contributed by atoms with Crippen molar-refractivity contribution in [3.05, 3.63) is 139 Å². The fourth-order valence-corrected chi connectivity index (χ4v) is 8.64. The molecule has 0 atom stereocenters. The predicted octanol–water partition coefficient (Wildman–Crippen LogP) is 10.8. The van der Waals surface area contributed by atoms with E-state index >= 15 is 0 Å². The summed E-state index contributed by atoms with van der Waals surface area (Å²) in [7, 11) is 0. The number of aromatic nitrogens is 2. The molecule has 2 nitrogen and oxygen atoms in total. The Morgan fingerprint density at radius 3 is 2.24 bits per heavy atom. The van der Waals surface area contributed by atoms with E-state index in [9.17, 15) is 0 Å².